The molecule has 21 heavy (non-hydrogen) atoms. The zero-order valence-electron chi connectivity index (χ0n) is 12.9. The first kappa shape index (κ1) is 16.5. The van der Waals surface area contributed by atoms with Gasteiger partial charge in [0.15, 0.2) is 0 Å². The minimum atomic E-state index is 0.653. The van der Waals surface area contributed by atoms with Crippen LogP contribution in [0.5, 0.6) is 0 Å². The van der Waals surface area contributed by atoms with Crippen LogP contribution in [0.15, 0.2) is 22.7 Å². The molecule has 2 rings (SSSR count). The number of nitrogens with zero attached hydrogens (tertiary/aromatic N) is 2. The first-order chi connectivity index (χ1) is 9.90. The van der Waals surface area contributed by atoms with Crippen molar-refractivity contribution in [1.82, 2.24) is 15.1 Å². The lowest BCUT2D eigenvalue weighted by atomic mass is 10.2. The average Bonchev–Trinajstić information content (AvgIpc) is 2.68. The molecule has 0 saturated carbocycles. The fourth-order valence-electron chi connectivity index (χ4n) is 2.18. The Hall–Kier alpha value is -0.840. The Bertz CT molecular complexity index is 635. The van der Waals surface area contributed by atoms with E-state index in [1.807, 2.05) is 18.5 Å². The molecule has 0 aliphatic carbocycles. The van der Waals surface area contributed by atoms with E-state index in [1.54, 1.807) is 0 Å². The number of halogens is 2. The van der Waals surface area contributed by atoms with Crippen LogP contribution in [-0.2, 0) is 6.54 Å². The largest absolute Gasteiger partial charge is 0.312 e. The molecule has 0 atom stereocenters. The predicted molar refractivity (Wildman–Crippen MR) is 92.3 cm³/mol. The molecule has 0 radical (unpaired) electrons. The van der Waals surface area contributed by atoms with Crippen LogP contribution in [0.3, 0.4) is 0 Å². The van der Waals surface area contributed by atoms with Crippen molar-refractivity contribution in [3.05, 3.63) is 44.6 Å². The number of hydrogen-bond donors (Lipinski definition) is 1. The van der Waals surface area contributed by atoms with Gasteiger partial charge in [-0.3, -0.25) is 0 Å². The van der Waals surface area contributed by atoms with Crippen LogP contribution in [-0.4, -0.2) is 16.3 Å². The zero-order chi connectivity index (χ0) is 15.6. The number of rotatable bonds is 5. The highest BCUT2D eigenvalue weighted by atomic mass is 79.9. The molecule has 1 N–H and O–H groups in total. The van der Waals surface area contributed by atoms with E-state index in [9.17, 15) is 0 Å². The second-order valence-corrected chi connectivity index (χ2v) is 6.93. The van der Waals surface area contributed by atoms with Crippen LogP contribution >= 0.6 is 27.5 Å². The van der Waals surface area contributed by atoms with Gasteiger partial charge >= 0.3 is 0 Å². The first-order valence-electron chi connectivity index (χ1n) is 7.11. The Morgan fingerprint density at radius 2 is 2.05 bits per heavy atom. The van der Waals surface area contributed by atoms with Gasteiger partial charge in [0.2, 0.25) is 0 Å². The van der Waals surface area contributed by atoms with Crippen LogP contribution in [0.25, 0.3) is 5.69 Å². The number of aryl methyl sites for hydroxylation is 1. The Kier molecular flexibility index (Phi) is 5.47. The monoisotopic (exact) mass is 369 g/mol. The second kappa shape index (κ2) is 6.95. The van der Waals surface area contributed by atoms with Gasteiger partial charge in [0, 0.05) is 11.0 Å². The van der Waals surface area contributed by atoms with Gasteiger partial charge < -0.3 is 5.32 Å². The Labute approximate surface area is 139 Å². The lowest BCUT2D eigenvalue weighted by Gasteiger charge is -2.11. The van der Waals surface area contributed by atoms with Gasteiger partial charge in [-0.2, -0.15) is 5.10 Å². The standard InChI is InChI=1S/C16H21BrClN3/c1-10(2)8-19-9-13-5-6-14(7-15(13)17)21-12(4)16(18)11(3)20-21/h5-7,10,19H,8-9H2,1-4H3. The van der Waals surface area contributed by atoms with E-state index in [2.05, 4.69) is 58.4 Å². The number of benzene rings is 1. The molecular formula is C16H21BrClN3. The van der Waals surface area contributed by atoms with Crippen molar-refractivity contribution in [3.8, 4) is 5.69 Å². The molecular weight excluding hydrogens is 350 g/mol. The van der Waals surface area contributed by atoms with Gasteiger partial charge in [-0.1, -0.05) is 47.4 Å². The molecule has 0 amide bonds. The van der Waals surface area contributed by atoms with Crippen molar-refractivity contribution in [1.29, 1.82) is 0 Å². The maximum Gasteiger partial charge on any atom is 0.0848 e. The minimum Gasteiger partial charge on any atom is -0.312 e. The van der Waals surface area contributed by atoms with E-state index < -0.39 is 0 Å². The van der Waals surface area contributed by atoms with E-state index in [-0.39, 0.29) is 0 Å². The molecule has 1 heterocycles. The lowest BCUT2D eigenvalue weighted by molar-refractivity contribution is 0.552. The van der Waals surface area contributed by atoms with Crippen molar-refractivity contribution >= 4 is 27.5 Å². The number of hydrogen-bond acceptors (Lipinski definition) is 2. The number of aromatic nitrogens is 2. The van der Waals surface area contributed by atoms with Crippen molar-refractivity contribution in [2.45, 2.75) is 34.2 Å². The summed E-state index contributed by atoms with van der Waals surface area (Å²) in [5.41, 5.74) is 4.08. The third-order valence-electron chi connectivity index (χ3n) is 3.35. The highest BCUT2D eigenvalue weighted by molar-refractivity contribution is 9.10. The molecule has 3 nitrogen and oxygen atoms in total. The topological polar surface area (TPSA) is 29.9 Å². The van der Waals surface area contributed by atoms with E-state index in [0.717, 1.165) is 39.7 Å². The molecule has 0 fully saturated rings. The maximum atomic E-state index is 6.21. The van der Waals surface area contributed by atoms with Crippen LogP contribution < -0.4 is 5.32 Å². The SMILES string of the molecule is Cc1nn(-c2ccc(CNCC(C)C)c(Br)c2)c(C)c1Cl. The fourth-order valence-corrected chi connectivity index (χ4v) is 2.81. The molecule has 1 aromatic heterocycles. The minimum absolute atomic E-state index is 0.653. The Morgan fingerprint density at radius 1 is 1.33 bits per heavy atom. The van der Waals surface area contributed by atoms with Crippen LogP contribution in [0.2, 0.25) is 5.02 Å². The molecule has 0 aliphatic heterocycles. The summed E-state index contributed by atoms with van der Waals surface area (Å²) in [4.78, 5) is 0. The average molecular weight is 371 g/mol. The van der Waals surface area contributed by atoms with E-state index in [0.29, 0.717) is 5.92 Å². The highest BCUT2D eigenvalue weighted by Crippen LogP contribution is 2.25. The molecule has 0 bridgehead atoms. The summed E-state index contributed by atoms with van der Waals surface area (Å²) in [6, 6.07) is 6.28. The van der Waals surface area contributed by atoms with Crippen LogP contribution in [0.1, 0.15) is 30.8 Å². The maximum absolute atomic E-state index is 6.21. The van der Waals surface area contributed by atoms with Gasteiger partial charge in [0.25, 0.3) is 0 Å². The summed E-state index contributed by atoms with van der Waals surface area (Å²) in [5.74, 6) is 0.653. The molecule has 0 aliphatic rings. The summed E-state index contributed by atoms with van der Waals surface area (Å²) in [6.45, 7) is 10.2. The van der Waals surface area contributed by atoms with Gasteiger partial charge in [0.05, 0.1) is 22.1 Å². The summed E-state index contributed by atoms with van der Waals surface area (Å²) in [6.07, 6.45) is 0. The summed E-state index contributed by atoms with van der Waals surface area (Å²) in [5, 5.41) is 8.67. The predicted octanol–water partition coefficient (Wildman–Crippen LogP) is 4.65. The quantitative estimate of drug-likeness (QED) is 0.830. The molecule has 114 valence electrons. The smallest absolute Gasteiger partial charge is 0.0848 e. The second-order valence-electron chi connectivity index (χ2n) is 5.70. The van der Waals surface area contributed by atoms with Crippen LogP contribution in [0.4, 0.5) is 0 Å². The van der Waals surface area contributed by atoms with E-state index in [4.69, 9.17) is 11.6 Å². The molecule has 0 unspecified atom stereocenters. The van der Waals surface area contributed by atoms with E-state index >= 15 is 0 Å². The molecule has 1 aromatic carbocycles. The zero-order valence-corrected chi connectivity index (χ0v) is 15.2. The van der Waals surface area contributed by atoms with Crippen molar-refractivity contribution in [2.24, 2.45) is 5.92 Å². The van der Waals surface area contributed by atoms with Gasteiger partial charge in [0.1, 0.15) is 0 Å². The van der Waals surface area contributed by atoms with Gasteiger partial charge in [-0.15, -0.1) is 0 Å². The third kappa shape index (κ3) is 3.87. The van der Waals surface area contributed by atoms with E-state index in [1.165, 1.54) is 5.56 Å². The normalized spacial score (nSPS) is 11.4. The van der Waals surface area contributed by atoms with Gasteiger partial charge in [-0.25, -0.2) is 4.68 Å². The lowest BCUT2D eigenvalue weighted by Crippen LogP contribution is -2.19. The first-order valence-corrected chi connectivity index (χ1v) is 8.28. The molecule has 2 aromatic rings. The summed E-state index contributed by atoms with van der Waals surface area (Å²) >= 11 is 9.86. The van der Waals surface area contributed by atoms with Crippen molar-refractivity contribution in [2.75, 3.05) is 6.54 Å². The molecule has 0 spiro atoms. The number of nitrogens with one attached hydrogen (secondary N) is 1. The molecule has 5 heteroatoms. The Balaban J connectivity index is 2.20. The molecule has 0 saturated heterocycles. The van der Waals surface area contributed by atoms with Crippen LogP contribution in [0, 0.1) is 19.8 Å². The van der Waals surface area contributed by atoms with Crippen molar-refractivity contribution in [3.63, 3.8) is 0 Å². The Morgan fingerprint density at radius 3 is 2.57 bits per heavy atom. The third-order valence-corrected chi connectivity index (χ3v) is 4.64. The van der Waals surface area contributed by atoms with Crippen molar-refractivity contribution < 1.29 is 0 Å². The fraction of sp³-hybridized carbons (Fsp3) is 0.438. The summed E-state index contributed by atoms with van der Waals surface area (Å²) in [7, 11) is 0. The van der Waals surface area contributed by atoms with Gasteiger partial charge in [-0.05, 0) is 44.0 Å². The summed E-state index contributed by atoms with van der Waals surface area (Å²) < 4.78 is 2.97. The highest BCUT2D eigenvalue weighted by Gasteiger charge is 2.11.